The van der Waals surface area contributed by atoms with Gasteiger partial charge in [-0.15, -0.1) is 0 Å². The second kappa shape index (κ2) is 7.91. The number of amides is 1. The van der Waals surface area contributed by atoms with Gasteiger partial charge in [0, 0.05) is 11.6 Å². The van der Waals surface area contributed by atoms with E-state index in [0.717, 1.165) is 12.8 Å². The van der Waals surface area contributed by atoms with Crippen molar-refractivity contribution in [2.45, 2.75) is 25.0 Å². The van der Waals surface area contributed by atoms with E-state index < -0.39 is 12.1 Å². The fourth-order valence-electron chi connectivity index (χ4n) is 2.62. The molecule has 0 radical (unpaired) electrons. The zero-order chi connectivity index (χ0) is 18.5. The number of nitrogens with one attached hydrogen (secondary N) is 1. The van der Waals surface area contributed by atoms with Gasteiger partial charge in [-0.3, -0.25) is 4.79 Å². The van der Waals surface area contributed by atoms with E-state index in [4.69, 9.17) is 14.2 Å². The predicted octanol–water partition coefficient (Wildman–Crippen LogP) is 2.88. The molecule has 2 aromatic rings. The van der Waals surface area contributed by atoms with Gasteiger partial charge in [0.25, 0.3) is 5.91 Å². The first kappa shape index (κ1) is 17.8. The van der Waals surface area contributed by atoms with Gasteiger partial charge in [0.2, 0.25) is 6.10 Å². The molecule has 3 rings (SSSR count). The van der Waals surface area contributed by atoms with E-state index in [1.807, 2.05) is 6.07 Å². The molecule has 1 saturated carbocycles. The summed E-state index contributed by atoms with van der Waals surface area (Å²) in [6.07, 6.45) is 0.871. The first-order valence-corrected chi connectivity index (χ1v) is 8.41. The Hall–Kier alpha value is -3.02. The third-order valence-electron chi connectivity index (χ3n) is 4.11. The van der Waals surface area contributed by atoms with Crippen LogP contribution < -0.4 is 14.8 Å². The van der Waals surface area contributed by atoms with Crippen molar-refractivity contribution in [1.29, 1.82) is 0 Å². The monoisotopic (exact) mass is 355 g/mol. The standard InChI is InChI=1S/C20H21NO5/c1-24-16-10-6-9-15(18(16)25-2)20(23)26-17(13-7-4-3-5-8-13)19(22)21-14-11-12-14/h3-10,14,17H,11-12H2,1-2H3,(H,21,22)/t17-/m1/s1. The summed E-state index contributed by atoms with van der Waals surface area (Å²) in [5.41, 5.74) is 0.813. The van der Waals surface area contributed by atoms with Crippen LogP contribution in [-0.2, 0) is 9.53 Å². The molecule has 0 unspecified atom stereocenters. The molecule has 136 valence electrons. The Morgan fingerprint density at radius 3 is 2.35 bits per heavy atom. The highest BCUT2D eigenvalue weighted by atomic mass is 16.6. The number of methoxy groups -OCH3 is 2. The molecule has 6 nitrogen and oxygen atoms in total. The van der Waals surface area contributed by atoms with Crippen LogP contribution in [0.5, 0.6) is 11.5 Å². The zero-order valence-electron chi connectivity index (χ0n) is 14.7. The molecular weight excluding hydrogens is 334 g/mol. The lowest BCUT2D eigenvalue weighted by atomic mass is 10.1. The fourth-order valence-corrected chi connectivity index (χ4v) is 2.62. The summed E-state index contributed by atoms with van der Waals surface area (Å²) in [7, 11) is 2.94. The van der Waals surface area contributed by atoms with Gasteiger partial charge >= 0.3 is 5.97 Å². The molecule has 1 aliphatic rings. The van der Waals surface area contributed by atoms with Crippen molar-refractivity contribution in [3.8, 4) is 11.5 Å². The highest BCUT2D eigenvalue weighted by molar-refractivity contribution is 5.96. The lowest BCUT2D eigenvalue weighted by Crippen LogP contribution is -2.33. The lowest BCUT2D eigenvalue weighted by molar-refractivity contribution is -0.130. The van der Waals surface area contributed by atoms with Crippen LogP contribution in [0.1, 0.15) is 34.9 Å². The molecule has 2 aromatic carbocycles. The highest BCUT2D eigenvalue weighted by Crippen LogP contribution is 2.32. The lowest BCUT2D eigenvalue weighted by Gasteiger charge is -2.19. The number of para-hydroxylation sites is 1. The van der Waals surface area contributed by atoms with E-state index in [1.165, 1.54) is 14.2 Å². The summed E-state index contributed by atoms with van der Waals surface area (Å²) < 4.78 is 16.1. The Morgan fingerprint density at radius 1 is 1.00 bits per heavy atom. The molecule has 1 atom stereocenters. The van der Waals surface area contributed by atoms with E-state index in [1.54, 1.807) is 42.5 Å². The number of esters is 1. The Labute approximate surface area is 152 Å². The van der Waals surface area contributed by atoms with Gasteiger partial charge in [-0.25, -0.2) is 4.79 Å². The Morgan fingerprint density at radius 2 is 1.73 bits per heavy atom. The van der Waals surface area contributed by atoms with Crippen molar-refractivity contribution in [1.82, 2.24) is 5.32 Å². The predicted molar refractivity (Wildman–Crippen MR) is 95.3 cm³/mol. The minimum atomic E-state index is -1.03. The number of hydrogen-bond donors (Lipinski definition) is 1. The number of ether oxygens (including phenoxy) is 3. The molecule has 1 amide bonds. The van der Waals surface area contributed by atoms with Gasteiger partial charge in [-0.2, -0.15) is 0 Å². The maximum Gasteiger partial charge on any atom is 0.343 e. The van der Waals surface area contributed by atoms with E-state index in [9.17, 15) is 9.59 Å². The van der Waals surface area contributed by atoms with Gasteiger partial charge in [0.15, 0.2) is 11.5 Å². The van der Waals surface area contributed by atoms with Crippen LogP contribution in [0.15, 0.2) is 48.5 Å². The number of hydrogen-bond acceptors (Lipinski definition) is 5. The minimum absolute atomic E-state index is 0.166. The molecule has 1 fully saturated rings. The molecule has 0 spiro atoms. The molecule has 0 heterocycles. The summed E-state index contributed by atoms with van der Waals surface area (Å²) >= 11 is 0. The summed E-state index contributed by atoms with van der Waals surface area (Å²) in [5, 5.41) is 2.89. The normalized spacial score (nSPS) is 14.2. The first-order chi connectivity index (χ1) is 12.6. The molecule has 1 N–H and O–H groups in total. The number of carbonyl (C=O) groups is 2. The van der Waals surface area contributed by atoms with Crippen molar-refractivity contribution >= 4 is 11.9 Å². The van der Waals surface area contributed by atoms with Crippen LogP contribution in [0.25, 0.3) is 0 Å². The summed E-state index contributed by atoms with van der Waals surface area (Å²) in [6, 6.07) is 14.0. The number of benzene rings is 2. The second-order valence-corrected chi connectivity index (χ2v) is 6.02. The average molecular weight is 355 g/mol. The molecule has 0 saturated heterocycles. The molecular formula is C20H21NO5. The molecule has 0 aliphatic heterocycles. The van der Waals surface area contributed by atoms with Crippen molar-refractivity contribution < 1.29 is 23.8 Å². The van der Waals surface area contributed by atoms with E-state index in [2.05, 4.69) is 5.32 Å². The van der Waals surface area contributed by atoms with Gasteiger partial charge in [0.1, 0.15) is 5.56 Å². The van der Waals surface area contributed by atoms with Crippen LogP contribution in [0.4, 0.5) is 0 Å². The van der Waals surface area contributed by atoms with E-state index >= 15 is 0 Å². The smallest absolute Gasteiger partial charge is 0.343 e. The van der Waals surface area contributed by atoms with E-state index in [0.29, 0.717) is 11.3 Å². The molecule has 26 heavy (non-hydrogen) atoms. The molecule has 0 bridgehead atoms. The van der Waals surface area contributed by atoms with Crippen molar-refractivity contribution in [3.63, 3.8) is 0 Å². The van der Waals surface area contributed by atoms with Gasteiger partial charge in [-0.1, -0.05) is 36.4 Å². The molecule has 6 heteroatoms. The highest BCUT2D eigenvalue weighted by Gasteiger charge is 2.32. The van der Waals surface area contributed by atoms with Crippen molar-refractivity contribution in [2.75, 3.05) is 14.2 Å². The van der Waals surface area contributed by atoms with Crippen LogP contribution in [0.2, 0.25) is 0 Å². The minimum Gasteiger partial charge on any atom is -0.493 e. The second-order valence-electron chi connectivity index (χ2n) is 6.02. The van der Waals surface area contributed by atoms with Crippen LogP contribution in [0, 0.1) is 0 Å². The third-order valence-corrected chi connectivity index (χ3v) is 4.11. The number of carbonyl (C=O) groups excluding carboxylic acids is 2. The maximum atomic E-state index is 12.7. The zero-order valence-corrected chi connectivity index (χ0v) is 14.7. The SMILES string of the molecule is COc1cccc(C(=O)O[C@@H](C(=O)NC2CC2)c2ccccc2)c1OC. The van der Waals surface area contributed by atoms with Crippen LogP contribution in [-0.4, -0.2) is 32.1 Å². The number of rotatable bonds is 7. The maximum absolute atomic E-state index is 12.7. The van der Waals surface area contributed by atoms with Gasteiger partial charge < -0.3 is 19.5 Å². The van der Waals surface area contributed by atoms with Crippen molar-refractivity contribution in [2.24, 2.45) is 0 Å². The Balaban J connectivity index is 1.86. The molecule has 0 aromatic heterocycles. The summed E-state index contributed by atoms with van der Waals surface area (Å²) in [4.78, 5) is 25.3. The van der Waals surface area contributed by atoms with E-state index in [-0.39, 0.29) is 23.3 Å². The third kappa shape index (κ3) is 3.96. The quantitative estimate of drug-likeness (QED) is 0.773. The Bertz CT molecular complexity index is 786. The topological polar surface area (TPSA) is 73.9 Å². The first-order valence-electron chi connectivity index (χ1n) is 8.41. The van der Waals surface area contributed by atoms with Crippen molar-refractivity contribution in [3.05, 3.63) is 59.7 Å². The van der Waals surface area contributed by atoms with Gasteiger partial charge in [-0.05, 0) is 25.0 Å². The molecule has 1 aliphatic carbocycles. The van der Waals surface area contributed by atoms with Gasteiger partial charge in [0.05, 0.1) is 14.2 Å². The Kier molecular flexibility index (Phi) is 5.41. The summed E-state index contributed by atoms with van der Waals surface area (Å²) in [5.74, 6) is -0.287. The van der Waals surface area contributed by atoms with Crippen LogP contribution in [0.3, 0.4) is 0 Å². The average Bonchev–Trinajstić information content (AvgIpc) is 3.49. The summed E-state index contributed by atoms with van der Waals surface area (Å²) in [6.45, 7) is 0. The largest absolute Gasteiger partial charge is 0.493 e. The van der Waals surface area contributed by atoms with Crippen LogP contribution >= 0.6 is 0 Å². The fraction of sp³-hybridized carbons (Fsp3) is 0.300.